The maximum absolute atomic E-state index is 11.9. The lowest BCUT2D eigenvalue weighted by molar-refractivity contribution is -0.141. The molecule has 0 bridgehead atoms. The number of imide groups is 1. The van der Waals surface area contributed by atoms with Crippen molar-refractivity contribution < 1.29 is 14.4 Å². The summed E-state index contributed by atoms with van der Waals surface area (Å²) in [5.41, 5.74) is 0.541. The first-order valence-electron chi connectivity index (χ1n) is 6.32. The number of thiazole rings is 1. The third-order valence-electron chi connectivity index (χ3n) is 3.12. The van der Waals surface area contributed by atoms with E-state index < -0.39 is 5.91 Å². The minimum Gasteiger partial charge on any atom is -0.300 e. The van der Waals surface area contributed by atoms with E-state index in [2.05, 4.69) is 10.3 Å². The summed E-state index contributed by atoms with van der Waals surface area (Å²) >= 11 is 13.2. The van der Waals surface area contributed by atoms with Crippen molar-refractivity contribution in [3.05, 3.63) is 22.2 Å². The minimum absolute atomic E-state index is 0.154. The van der Waals surface area contributed by atoms with Crippen LogP contribution >= 0.6 is 34.5 Å². The van der Waals surface area contributed by atoms with Crippen molar-refractivity contribution in [3.8, 4) is 0 Å². The summed E-state index contributed by atoms with van der Waals surface area (Å²) in [6, 6.07) is 3.27. The normalized spacial score (nSPS) is 14.9. The number of carbonyl (C=O) groups excluding carboxylic acids is 3. The number of nitrogens with zero attached hydrogens (tertiary/aromatic N) is 2. The number of halogens is 2. The highest BCUT2D eigenvalue weighted by molar-refractivity contribution is 7.22. The maximum Gasteiger partial charge on any atom is 0.246 e. The smallest absolute Gasteiger partial charge is 0.246 e. The lowest BCUT2D eigenvalue weighted by Crippen LogP contribution is -2.36. The molecule has 3 rings (SSSR count). The molecule has 0 unspecified atom stereocenters. The van der Waals surface area contributed by atoms with Crippen LogP contribution in [0.15, 0.2) is 12.1 Å². The molecule has 114 valence electrons. The van der Waals surface area contributed by atoms with E-state index in [9.17, 15) is 14.4 Å². The van der Waals surface area contributed by atoms with Crippen molar-refractivity contribution in [2.75, 3.05) is 11.9 Å². The fourth-order valence-corrected chi connectivity index (χ4v) is 3.72. The largest absolute Gasteiger partial charge is 0.300 e. The third kappa shape index (κ3) is 2.92. The maximum atomic E-state index is 11.9. The molecule has 0 atom stereocenters. The zero-order valence-electron chi connectivity index (χ0n) is 11.1. The van der Waals surface area contributed by atoms with E-state index in [0.29, 0.717) is 20.7 Å². The molecule has 2 heterocycles. The first-order valence-corrected chi connectivity index (χ1v) is 7.90. The Morgan fingerprint density at radius 1 is 1.27 bits per heavy atom. The number of hydrogen-bond donors (Lipinski definition) is 1. The van der Waals surface area contributed by atoms with Crippen LogP contribution in [-0.2, 0) is 14.4 Å². The molecule has 1 aliphatic heterocycles. The molecule has 0 spiro atoms. The van der Waals surface area contributed by atoms with Gasteiger partial charge in [0.1, 0.15) is 12.1 Å². The van der Waals surface area contributed by atoms with Crippen LogP contribution in [0.2, 0.25) is 10.0 Å². The highest BCUT2D eigenvalue weighted by Gasteiger charge is 2.30. The summed E-state index contributed by atoms with van der Waals surface area (Å²) in [4.78, 5) is 40.1. The molecular weight excluding hydrogens is 349 g/mol. The Kier molecular flexibility index (Phi) is 4.03. The Bertz CT molecular complexity index is 789. The number of rotatable bonds is 3. The number of benzene rings is 1. The van der Waals surface area contributed by atoms with Gasteiger partial charge < -0.3 is 5.32 Å². The molecule has 2 aromatic rings. The molecule has 1 aromatic heterocycles. The number of anilines is 1. The first-order chi connectivity index (χ1) is 10.4. The summed E-state index contributed by atoms with van der Waals surface area (Å²) in [6.45, 7) is -0.303. The predicted octanol–water partition coefficient (Wildman–Crippen LogP) is 2.69. The van der Waals surface area contributed by atoms with Gasteiger partial charge in [-0.3, -0.25) is 19.3 Å². The molecule has 0 saturated carbocycles. The molecule has 0 aliphatic carbocycles. The second-order valence-corrected chi connectivity index (χ2v) is 6.55. The Balaban J connectivity index is 1.75. The van der Waals surface area contributed by atoms with Gasteiger partial charge in [0, 0.05) is 17.9 Å². The number of nitrogens with one attached hydrogen (secondary N) is 1. The van der Waals surface area contributed by atoms with Crippen molar-refractivity contribution >= 4 is 67.6 Å². The van der Waals surface area contributed by atoms with E-state index >= 15 is 0 Å². The Morgan fingerprint density at radius 3 is 2.64 bits per heavy atom. The molecule has 1 fully saturated rings. The number of likely N-dealkylation sites (tertiary alicyclic amines) is 1. The average molecular weight is 358 g/mol. The fourth-order valence-electron chi connectivity index (χ4n) is 2.11. The molecule has 22 heavy (non-hydrogen) atoms. The number of fused-ring (bicyclic) bond motifs is 1. The third-order valence-corrected chi connectivity index (χ3v) is 4.54. The minimum atomic E-state index is -0.482. The lowest BCUT2D eigenvalue weighted by atomic mass is 10.3. The molecule has 0 radical (unpaired) electrons. The fraction of sp³-hybridized carbons (Fsp3) is 0.231. The topological polar surface area (TPSA) is 79.4 Å². The van der Waals surface area contributed by atoms with Gasteiger partial charge in [-0.25, -0.2) is 4.98 Å². The van der Waals surface area contributed by atoms with E-state index in [-0.39, 0.29) is 31.2 Å². The monoisotopic (exact) mass is 357 g/mol. The van der Waals surface area contributed by atoms with Crippen LogP contribution in [-0.4, -0.2) is 34.2 Å². The number of carbonyl (C=O) groups is 3. The van der Waals surface area contributed by atoms with E-state index in [0.717, 1.165) is 9.60 Å². The zero-order valence-corrected chi connectivity index (χ0v) is 13.4. The Morgan fingerprint density at radius 2 is 1.95 bits per heavy atom. The van der Waals surface area contributed by atoms with Crippen molar-refractivity contribution in [1.82, 2.24) is 9.88 Å². The Labute approximate surface area is 139 Å². The molecule has 6 nitrogen and oxygen atoms in total. The molecule has 3 amide bonds. The second kappa shape index (κ2) is 5.83. The highest BCUT2D eigenvalue weighted by atomic mass is 35.5. The second-order valence-electron chi connectivity index (χ2n) is 4.68. The lowest BCUT2D eigenvalue weighted by Gasteiger charge is -2.12. The van der Waals surface area contributed by atoms with Gasteiger partial charge in [0.15, 0.2) is 5.13 Å². The van der Waals surface area contributed by atoms with Gasteiger partial charge in [0.05, 0.1) is 9.72 Å². The predicted molar refractivity (Wildman–Crippen MR) is 84.2 cm³/mol. The number of aromatic nitrogens is 1. The van der Waals surface area contributed by atoms with Crippen molar-refractivity contribution in [2.45, 2.75) is 12.8 Å². The van der Waals surface area contributed by atoms with Crippen molar-refractivity contribution in [3.63, 3.8) is 0 Å². The van der Waals surface area contributed by atoms with Crippen LogP contribution in [0.1, 0.15) is 12.8 Å². The van der Waals surface area contributed by atoms with Gasteiger partial charge in [-0.05, 0) is 12.1 Å². The van der Waals surface area contributed by atoms with Crippen molar-refractivity contribution in [1.29, 1.82) is 0 Å². The quantitative estimate of drug-likeness (QED) is 0.856. The standard InChI is InChI=1S/C13H9Cl2N3O3S/c14-6-3-7(15)12-8(4-6)22-13(17-12)16-9(19)5-18-10(20)1-2-11(18)21/h3-4H,1-2,5H2,(H,16,17,19). The number of hydrogen-bond acceptors (Lipinski definition) is 5. The van der Waals surface area contributed by atoms with Crippen LogP contribution in [0, 0.1) is 0 Å². The van der Waals surface area contributed by atoms with Gasteiger partial charge in [-0.2, -0.15) is 0 Å². The summed E-state index contributed by atoms with van der Waals surface area (Å²) in [7, 11) is 0. The van der Waals surface area contributed by atoms with Crippen LogP contribution < -0.4 is 5.32 Å². The molecular formula is C13H9Cl2N3O3S. The molecule has 1 N–H and O–H groups in total. The summed E-state index contributed by atoms with van der Waals surface area (Å²) in [5, 5.41) is 3.77. The average Bonchev–Trinajstić information content (AvgIpc) is 2.96. The van der Waals surface area contributed by atoms with Crippen LogP contribution in [0.5, 0.6) is 0 Å². The SMILES string of the molecule is O=C(CN1C(=O)CCC1=O)Nc1nc2c(Cl)cc(Cl)cc2s1. The van der Waals surface area contributed by atoms with E-state index in [1.165, 1.54) is 11.3 Å². The summed E-state index contributed by atoms with van der Waals surface area (Å²) in [6.07, 6.45) is 0.308. The van der Waals surface area contributed by atoms with Gasteiger partial charge in [-0.1, -0.05) is 34.5 Å². The molecule has 1 saturated heterocycles. The van der Waals surface area contributed by atoms with Crippen LogP contribution in [0.3, 0.4) is 0 Å². The highest BCUT2D eigenvalue weighted by Crippen LogP contribution is 2.33. The van der Waals surface area contributed by atoms with Gasteiger partial charge in [0.25, 0.3) is 0 Å². The van der Waals surface area contributed by atoms with Crippen LogP contribution in [0.4, 0.5) is 5.13 Å². The van der Waals surface area contributed by atoms with Gasteiger partial charge >= 0.3 is 0 Å². The zero-order chi connectivity index (χ0) is 15.9. The van der Waals surface area contributed by atoms with E-state index in [1.807, 2.05) is 0 Å². The van der Waals surface area contributed by atoms with Gasteiger partial charge in [0.2, 0.25) is 17.7 Å². The summed E-state index contributed by atoms with van der Waals surface area (Å²) in [5.74, 6) is -1.15. The van der Waals surface area contributed by atoms with E-state index in [4.69, 9.17) is 23.2 Å². The summed E-state index contributed by atoms with van der Waals surface area (Å²) < 4.78 is 0.737. The number of amides is 3. The molecule has 1 aromatic carbocycles. The first kappa shape index (κ1) is 15.2. The van der Waals surface area contributed by atoms with E-state index in [1.54, 1.807) is 12.1 Å². The van der Waals surface area contributed by atoms with Gasteiger partial charge in [-0.15, -0.1) is 0 Å². The Hall–Kier alpha value is -1.70. The van der Waals surface area contributed by atoms with Crippen LogP contribution in [0.25, 0.3) is 10.2 Å². The molecule has 9 heteroatoms. The van der Waals surface area contributed by atoms with Crippen molar-refractivity contribution in [2.24, 2.45) is 0 Å². The molecule has 1 aliphatic rings.